The number of ether oxygens (including phenoxy) is 1. The molecule has 34 heavy (non-hydrogen) atoms. The molecule has 0 aromatic heterocycles. The maximum Gasteiger partial charge on any atom is 0.407 e. The standard InChI is InChI=1S/C27H30N2O5/c1-29(27(13-14-27)25(31)32)24(30)15-17-7-6-12-23(17)28-26(33)34-16-22-20-10-4-2-8-18(20)19-9-3-5-11-21(19)22/h2-5,8-11,17,22-23H,6-7,12-16H2,1H3,(H,28,33)(H,31,32). The van der Waals surface area contributed by atoms with Crippen molar-refractivity contribution < 1.29 is 24.2 Å². The van der Waals surface area contributed by atoms with Gasteiger partial charge in [0.2, 0.25) is 5.91 Å². The molecule has 0 heterocycles. The van der Waals surface area contributed by atoms with Gasteiger partial charge in [-0.2, -0.15) is 0 Å². The molecule has 2 amide bonds. The molecule has 0 saturated heterocycles. The van der Waals surface area contributed by atoms with E-state index in [1.54, 1.807) is 7.05 Å². The van der Waals surface area contributed by atoms with Crippen LogP contribution in [0.15, 0.2) is 48.5 Å². The first-order valence-electron chi connectivity index (χ1n) is 12.0. The molecule has 7 heteroatoms. The number of carboxylic acids is 1. The summed E-state index contributed by atoms with van der Waals surface area (Å²) in [6, 6.07) is 16.3. The molecule has 2 saturated carbocycles. The molecule has 2 aromatic carbocycles. The Labute approximate surface area is 199 Å². The van der Waals surface area contributed by atoms with Crippen molar-refractivity contribution in [1.82, 2.24) is 10.2 Å². The van der Waals surface area contributed by atoms with Gasteiger partial charge in [0.15, 0.2) is 0 Å². The van der Waals surface area contributed by atoms with Gasteiger partial charge in [-0.05, 0) is 53.9 Å². The summed E-state index contributed by atoms with van der Waals surface area (Å²) >= 11 is 0. The van der Waals surface area contributed by atoms with Gasteiger partial charge < -0.3 is 20.1 Å². The second-order valence-corrected chi connectivity index (χ2v) is 9.76. The molecule has 2 unspecified atom stereocenters. The van der Waals surface area contributed by atoms with Crippen LogP contribution in [0.25, 0.3) is 11.1 Å². The number of benzene rings is 2. The van der Waals surface area contributed by atoms with Crippen molar-refractivity contribution in [2.75, 3.05) is 13.7 Å². The Kier molecular flexibility index (Phi) is 5.80. The van der Waals surface area contributed by atoms with Crippen LogP contribution < -0.4 is 5.32 Å². The maximum atomic E-state index is 12.8. The molecule has 0 spiro atoms. The SMILES string of the molecule is CN(C(=O)CC1CCCC1NC(=O)OCC1c2ccccc2-c2ccccc21)C1(C(=O)O)CC1. The molecule has 2 fully saturated rings. The fourth-order valence-corrected chi connectivity index (χ4v) is 5.67. The first-order valence-corrected chi connectivity index (χ1v) is 12.0. The zero-order valence-electron chi connectivity index (χ0n) is 19.3. The molecule has 3 aliphatic rings. The minimum atomic E-state index is -1.04. The lowest BCUT2D eigenvalue weighted by atomic mass is 9.98. The Morgan fingerprint density at radius 3 is 2.24 bits per heavy atom. The van der Waals surface area contributed by atoms with Gasteiger partial charge in [0, 0.05) is 25.4 Å². The van der Waals surface area contributed by atoms with Gasteiger partial charge in [0.25, 0.3) is 0 Å². The summed E-state index contributed by atoms with van der Waals surface area (Å²) in [6.07, 6.45) is 3.29. The number of nitrogens with one attached hydrogen (secondary N) is 1. The molecule has 178 valence electrons. The van der Waals surface area contributed by atoms with Crippen molar-refractivity contribution in [2.45, 2.75) is 56.0 Å². The molecule has 7 nitrogen and oxygen atoms in total. The van der Waals surface area contributed by atoms with Crippen LogP contribution in [0.2, 0.25) is 0 Å². The Bertz CT molecular complexity index is 1080. The number of aliphatic carboxylic acids is 1. The summed E-state index contributed by atoms with van der Waals surface area (Å²) < 4.78 is 5.67. The summed E-state index contributed by atoms with van der Waals surface area (Å²) in [5, 5.41) is 12.4. The second-order valence-electron chi connectivity index (χ2n) is 9.76. The van der Waals surface area contributed by atoms with Crippen LogP contribution >= 0.6 is 0 Å². The molecular weight excluding hydrogens is 432 g/mol. The van der Waals surface area contributed by atoms with Gasteiger partial charge in [-0.25, -0.2) is 9.59 Å². The van der Waals surface area contributed by atoms with E-state index in [0.717, 1.165) is 30.4 Å². The Hall–Kier alpha value is -3.35. The number of nitrogens with zero attached hydrogens (tertiary/aromatic N) is 1. The van der Waals surface area contributed by atoms with Crippen molar-refractivity contribution in [3.63, 3.8) is 0 Å². The minimum Gasteiger partial charge on any atom is -0.479 e. The summed E-state index contributed by atoms with van der Waals surface area (Å²) in [7, 11) is 1.58. The van der Waals surface area contributed by atoms with Crippen LogP contribution in [0.1, 0.15) is 55.6 Å². The minimum absolute atomic E-state index is 0.00139. The molecule has 0 bridgehead atoms. The molecular formula is C27H30N2O5. The zero-order valence-corrected chi connectivity index (χ0v) is 19.3. The normalized spacial score (nSPS) is 21.9. The number of rotatable bonds is 7. The molecule has 5 rings (SSSR count). The van der Waals surface area contributed by atoms with E-state index in [2.05, 4.69) is 29.6 Å². The van der Waals surface area contributed by atoms with E-state index in [4.69, 9.17) is 4.74 Å². The van der Waals surface area contributed by atoms with Crippen LogP contribution in [0.4, 0.5) is 4.79 Å². The lowest BCUT2D eigenvalue weighted by Gasteiger charge is -2.27. The van der Waals surface area contributed by atoms with E-state index < -0.39 is 17.6 Å². The fourth-order valence-electron chi connectivity index (χ4n) is 5.67. The predicted octanol–water partition coefficient (Wildman–Crippen LogP) is 4.16. The smallest absolute Gasteiger partial charge is 0.407 e. The molecule has 0 radical (unpaired) electrons. The van der Waals surface area contributed by atoms with E-state index in [-0.39, 0.29) is 36.8 Å². The number of carbonyl (C=O) groups excluding carboxylic acids is 2. The molecule has 2 atom stereocenters. The molecule has 2 N–H and O–H groups in total. The van der Waals surface area contributed by atoms with E-state index >= 15 is 0 Å². The van der Waals surface area contributed by atoms with Gasteiger partial charge in [0.1, 0.15) is 12.1 Å². The summed E-state index contributed by atoms with van der Waals surface area (Å²) in [5.41, 5.74) is 3.65. The fraction of sp³-hybridized carbons (Fsp3) is 0.444. The first kappa shape index (κ1) is 22.4. The molecule has 3 aliphatic carbocycles. The summed E-state index contributed by atoms with van der Waals surface area (Å²) in [6.45, 7) is 0.250. The van der Waals surface area contributed by atoms with Crippen molar-refractivity contribution in [1.29, 1.82) is 0 Å². The summed E-state index contributed by atoms with van der Waals surface area (Å²) in [5.74, 6) is -1.13. The van der Waals surface area contributed by atoms with E-state index in [1.807, 2.05) is 24.3 Å². The Morgan fingerprint density at radius 1 is 1.03 bits per heavy atom. The predicted molar refractivity (Wildman–Crippen MR) is 126 cm³/mol. The Morgan fingerprint density at radius 2 is 1.65 bits per heavy atom. The average Bonchev–Trinajstić information content (AvgIpc) is 3.46. The highest BCUT2D eigenvalue weighted by Gasteiger charge is 2.55. The highest BCUT2D eigenvalue weighted by molar-refractivity contribution is 5.89. The number of carboxylic acid groups (broad SMARTS) is 1. The second kappa shape index (κ2) is 8.78. The van der Waals surface area contributed by atoms with Crippen LogP contribution in [0, 0.1) is 5.92 Å². The summed E-state index contributed by atoms with van der Waals surface area (Å²) in [4.78, 5) is 38.4. The lowest BCUT2D eigenvalue weighted by molar-refractivity contribution is -0.151. The number of amides is 2. The van der Waals surface area contributed by atoms with Crippen LogP contribution in [0.5, 0.6) is 0 Å². The third kappa shape index (κ3) is 3.93. The Balaban J connectivity index is 1.18. The van der Waals surface area contributed by atoms with Crippen LogP contribution in [-0.2, 0) is 14.3 Å². The van der Waals surface area contributed by atoms with Gasteiger partial charge in [0.05, 0.1) is 0 Å². The monoisotopic (exact) mass is 462 g/mol. The largest absolute Gasteiger partial charge is 0.479 e. The van der Waals surface area contributed by atoms with E-state index in [9.17, 15) is 19.5 Å². The maximum absolute atomic E-state index is 12.8. The number of hydrogen-bond donors (Lipinski definition) is 2. The third-order valence-electron chi connectivity index (χ3n) is 7.88. The molecule has 0 aliphatic heterocycles. The lowest BCUT2D eigenvalue weighted by Crippen LogP contribution is -2.46. The number of alkyl carbamates (subject to hydrolysis) is 1. The van der Waals surface area contributed by atoms with Gasteiger partial charge in [-0.3, -0.25) is 4.79 Å². The van der Waals surface area contributed by atoms with Crippen LogP contribution in [0.3, 0.4) is 0 Å². The van der Waals surface area contributed by atoms with Crippen molar-refractivity contribution >= 4 is 18.0 Å². The van der Waals surface area contributed by atoms with E-state index in [1.165, 1.54) is 16.0 Å². The molecule has 2 aromatic rings. The highest BCUT2D eigenvalue weighted by Crippen LogP contribution is 2.45. The van der Waals surface area contributed by atoms with Crippen molar-refractivity contribution in [3.05, 3.63) is 59.7 Å². The quantitative estimate of drug-likeness (QED) is 0.644. The number of carbonyl (C=O) groups is 3. The van der Waals surface area contributed by atoms with Crippen LogP contribution in [-0.4, -0.2) is 53.2 Å². The first-order chi connectivity index (χ1) is 16.4. The third-order valence-corrected chi connectivity index (χ3v) is 7.88. The van der Waals surface area contributed by atoms with Gasteiger partial charge in [-0.15, -0.1) is 0 Å². The number of hydrogen-bond acceptors (Lipinski definition) is 4. The number of likely N-dealkylation sites (N-methyl/N-ethyl adjacent to an activating group) is 1. The average molecular weight is 463 g/mol. The van der Waals surface area contributed by atoms with Crippen molar-refractivity contribution in [3.8, 4) is 11.1 Å². The number of fused-ring (bicyclic) bond motifs is 3. The zero-order chi connectivity index (χ0) is 23.9. The van der Waals surface area contributed by atoms with Gasteiger partial charge >= 0.3 is 12.1 Å². The topological polar surface area (TPSA) is 95.9 Å². The van der Waals surface area contributed by atoms with E-state index in [0.29, 0.717) is 12.8 Å². The van der Waals surface area contributed by atoms with Crippen molar-refractivity contribution in [2.24, 2.45) is 5.92 Å². The highest BCUT2D eigenvalue weighted by atomic mass is 16.5. The van der Waals surface area contributed by atoms with Gasteiger partial charge in [-0.1, -0.05) is 55.0 Å².